The molecule has 1 unspecified atom stereocenters. The quantitative estimate of drug-likeness (QED) is 0.915. The van der Waals surface area contributed by atoms with E-state index < -0.39 is 0 Å². The molecule has 4 nitrogen and oxygen atoms in total. The van der Waals surface area contributed by atoms with E-state index >= 15 is 0 Å². The number of methoxy groups -OCH3 is 1. The molecule has 0 aromatic heterocycles. The summed E-state index contributed by atoms with van der Waals surface area (Å²) >= 11 is 3.40. The Morgan fingerprint density at radius 3 is 2.75 bits per heavy atom. The van der Waals surface area contributed by atoms with Crippen LogP contribution in [0, 0.1) is 5.92 Å². The lowest BCUT2D eigenvalue weighted by molar-refractivity contribution is 0.0538. The predicted octanol–water partition coefficient (Wildman–Crippen LogP) is 3.00. The molecule has 1 heterocycles. The van der Waals surface area contributed by atoms with Crippen molar-refractivity contribution in [3.8, 4) is 5.75 Å². The molecule has 0 aliphatic carbocycles. The first-order valence-corrected chi connectivity index (χ1v) is 7.63. The predicted molar refractivity (Wildman–Crippen MR) is 81.2 cm³/mol. The Bertz CT molecular complexity index is 472. The molecular weight excluding hydrogens is 322 g/mol. The SMILES string of the molecule is COc1ccc(C(=O)NC(C)C2CCOCC2)cc1Br. The van der Waals surface area contributed by atoms with E-state index in [1.54, 1.807) is 25.3 Å². The maximum absolute atomic E-state index is 12.2. The monoisotopic (exact) mass is 341 g/mol. The van der Waals surface area contributed by atoms with Crippen LogP contribution < -0.4 is 10.1 Å². The number of amides is 1. The van der Waals surface area contributed by atoms with E-state index in [-0.39, 0.29) is 11.9 Å². The third-order valence-electron chi connectivity index (χ3n) is 3.75. The van der Waals surface area contributed by atoms with E-state index in [1.807, 2.05) is 0 Å². The molecule has 1 N–H and O–H groups in total. The number of rotatable bonds is 4. The van der Waals surface area contributed by atoms with E-state index in [1.165, 1.54) is 0 Å². The van der Waals surface area contributed by atoms with Crippen molar-refractivity contribution in [2.45, 2.75) is 25.8 Å². The lowest BCUT2D eigenvalue weighted by Crippen LogP contribution is -2.40. The lowest BCUT2D eigenvalue weighted by Gasteiger charge is -2.28. The Balaban J connectivity index is 1.98. The van der Waals surface area contributed by atoms with Crippen molar-refractivity contribution in [2.24, 2.45) is 5.92 Å². The van der Waals surface area contributed by atoms with Crippen molar-refractivity contribution in [2.75, 3.05) is 20.3 Å². The van der Waals surface area contributed by atoms with Crippen LogP contribution >= 0.6 is 15.9 Å². The van der Waals surface area contributed by atoms with Gasteiger partial charge in [0.15, 0.2) is 0 Å². The minimum Gasteiger partial charge on any atom is -0.496 e. The molecule has 110 valence electrons. The normalized spacial score (nSPS) is 17.6. The fourth-order valence-electron chi connectivity index (χ4n) is 2.43. The molecule has 0 saturated carbocycles. The van der Waals surface area contributed by atoms with Gasteiger partial charge in [-0.2, -0.15) is 0 Å². The Morgan fingerprint density at radius 2 is 2.15 bits per heavy atom. The molecular formula is C15H20BrNO3. The molecule has 1 saturated heterocycles. The van der Waals surface area contributed by atoms with Crippen LogP contribution in [0.4, 0.5) is 0 Å². The van der Waals surface area contributed by atoms with Crippen molar-refractivity contribution < 1.29 is 14.3 Å². The molecule has 1 aliphatic rings. The molecule has 1 fully saturated rings. The zero-order valence-corrected chi connectivity index (χ0v) is 13.4. The summed E-state index contributed by atoms with van der Waals surface area (Å²) in [4.78, 5) is 12.2. The summed E-state index contributed by atoms with van der Waals surface area (Å²) in [6.07, 6.45) is 2.02. The lowest BCUT2D eigenvalue weighted by atomic mass is 9.93. The Hall–Kier alpha value is -1.07. The van der Waals surface area contributed by atoms with Crippen LogP contribution in [0.5, 0.6) is 5.75 Å². The standard InChI is InChI=1S/C15H20BrNO3/c1-10(11-5-7-20-8-6-11)17-15(18)12-3-4-14(19-2)13(16)9-12/h3-4,9-11H,5-8H2,1-2H3,(H,17,18). The molecule has 20 heavy (non-hydrogen) atoms. The summed E-state index contributed by atoms with van der Waals surface area (Å²) in [5, 5.41) is 3.07. The Labute approximate surface area is 128 Å². The van der Waals surface area contributed by atoms with Crippen molar-refractivity contribution in [3.05, 3.63) is 28.2 Å². The number of halogens is 1. The van der Waals surface area contributed by atoms with Gasteiger partial charge < -0.3 is 14.8 Å². The van der Waals surface area contributed by atoms with Gasteiger partial charge in [-0.25, -0.2) is 0 Å². The summed E-state index contributed by atoms with van der Waals surface area (Å²) in [7, 11) is 1.60. The van der Waals surface area contributed by atoms with Crippen molar-refractivity contribution in [3.63, 3.8) is 0 Å². The molecule has 0 radical (unpaired) electrons. The van der Waals surface area contributed by atoms with Gasteiger partial charge in [0.1, 0.15) is 5.75 Å². The highest BCUT2D eigenvalue weighted by Crippen LogP contribution is 2.26. The van der Waals surface area contributed by atoms with E-state index in [0.717, 1.165) is 36.3 Å². The first kappa shape index (κ1) is 15.3. The van der Waals surface area contributed by atoms with Crippen LogP contribution in [0.2, 0.25) is 0 Å². The molecule has 1 aromatic carbocycles. The fraction of sp³-hybridized carbons (Fsp3) is 0.533. The summed E-state index contributed by atoms with van der Waals surface area (Å²) in [5.74, 6) is 1.17. The molecule has 1 aromatic rings. The third kappa shape index (κ3) is 3.73. The molecule has 2 rings (SSSR count). The number of hydrogen-bond donors (Lipinski definition) is 1. The molecule has 5 heteroatoms. The maximum Gasteiger partial charge on any atom is 0.251 e. The minimum absolute atomic E-state index is 0.0488. The van der Waals surface area contributed by atoms with Crippen molar-refractivity contribution >= 4 is 21.8 Å². The van der Waals surface area contributed by atoms with Gasteiger partial charge in [-0.15, -0.1) is 0 Å². The third-order valence-corrected chi connectivity index (χ3v) is 4.37. The second-order valence-electron chi connectivity index (χ2n) is 5.06. The first-order valence-electron chi connectivity index (χ1n) is 6.84. The van der Waals surface area contributed by atoms with Crippen LogP contribution in [-0.4, -0.2) is 32.3 Å². The minimum atomic E-state index is -0.0488. The topological polar surface area (TPSA) is 47.6 Å². The van der Waals surface area contributed by atoms with Crippen LogP contribution in [0.15, 0.2) is 22.7 Å². The molecule has 1 atom stereocenters. The van der Waals surface area contributed by atoms with Crippen LogP contribution in [0.25, 0.3) is 0 Å². The second-order valence-corrected chi connectivity index (χ2v) is 5.92. The number of carbonyl (C=O) groups is 1. The summed E-state index contributed by atoms with van der Waals surface area (Å²) < 4.78 is 11.3. The van der Waals surface area contributed by atoms with Gasteiger partial charge in [-0.05, 0) is 59.8 Å². The van der Waals surface area contributed by atoms with Crippen molar-refractivity contribution in [1.29, 1.82) is 0 Å². The summed E-state index contributed by atoms with van der Waals surface area (Å²) in [6.45, 7) is 3.64. The van der Waals surface area contributed by atoms with Gasteiger partial charge in [0.05, 0.1) is 11.6 Å². The number of carbonyl (C=O) groups excluding carboxylic acids is 1. The van der Waals surface area contributed by atoms with E-state index in [2.05, 4.69) is 28.2 Å². The van der Waals surface area contributed by atoms with Crippen LogP contribution in [0.1, 0.15) is 30.1 Å². The number of hydrogen-bond acceptors (Lipinski definition) is 3. The van der Waals surface area contributed by atoms with Gasteiger partial charge in [0.2, 0.25) is 0 Å². The fourth-order valence-corrected chi connectivity index (χ4v) is 2.97. The highest BCUT2D eigenvalue weighted by Gasteiger charge is 2.22. The molecule has 0 bridgehead atoms. The highest BCUT2D eigenvalue weighted by atomic mass is 79.9. The molecule has 1 amide bonds. The summed E-state index contributed by atoms with van der Waals surface area (Å²) in [6, 6.07) is 5.51. The van der Waals surface area contributed by atoms with E-state index in [9.17, 15) is 4.79 Å². The average molecular weight is 342 g/mol. The van der Waals surface area contributed by atoms with Crippen molar-refractivity contribution in [1.82, 2.24) is 5.32 Å². The average Bonchev–Trinajstić information content (AvgIpc) is 2.48. The zero-order valence-electron chi connectivity index (χ0n) is 11.8. The van der Waals surface area contributed by atoms with Gasteiger partial charge in [-0.3, -0.25) is 4.79 Å². The van der Waals surface area contributed by atoms with E-state index in [0.29, 0.717) is 11.5 Å². The van der Waals surface area contributed by atoms with Gasteiger partial charge in [-0.1, -0.05) is 0 Å². The maximum atomic E-state index is 12.2. The smallest absolute Gasteiger partial charge is 0.251 e. The number of benzene rings is 1. The Kier molecular flexibility index (Phi) is 5.43. The summed E-state index contributed by atoms with van der Waals surface area (Å²) in [5.41, 5.74) is 0.636. The zero-order chi connectivity index (χ0) is 14.5. The largest absolute Gasteiger partial charge is 0.496 e. The van der Waals surface area contributed by atoms with Gasteiger partial charge in [0.25, 0.3) is 5.91 Å². The van der Waals surface area contributed by atoms with Gasteiger partial charge >= 0.3 is 0 Å². The first-order chi connectivity index (χ1) is 9.61. The molecule has 1 aliphatic heterocycles. The number of nitrogens with one attached hydrogen (secondary N) is 1. The number of ether oxygens (including phenoxy) is 2. The van der Waals surface area contributed by atoms with Crippen LogP contribution in [0.3, 0.4) is 0 Å². The van der Waals surface area contributed by atoms with Crippen LogP contribution in [-0.2, 0) is 4.74 Å². The van der Waals surface area contributed by atoms with Gasteiger partial charge in [0, 0.05) is 24.8 Å². The highest BCUT2D eigenvalue weighted by molar-refractivity contribution is 9.10. The Morgan fingerprint density at radius 1 is 1.45 bits per heavy atom. The van der Waals surface area contributed by atoms with E-state index in [4.69, 9.17) is 9.47 Å². The second kappa shape index (κ2) is 7.09. The molecule has 0 spiro atoms.